The molecule has 3 aromatic rings. The number of nitrogens with two attached hydrogens (primary N) is 1. The van der Waals surface area contributed by atoms with Gasteiger partial charge in [-0.3, -0.25) is 14.8 Å². The molecule has 1 aromatic carbocycles. The third-order valence-corrected chi connectivity index (χ3v) is 4.75. The number of nitro groups is 1. The fourth-order valence-electron chi connectivity index (χ4n) is 2.71. The minimum absolute atomic E-state index is 0.0855. The van der Waals surface area contributed by atoms with Gasteiger partial charge in [0, 0.05) is 29.8 Å². The van der Waals surface area contributed by atoms with Crippen molar-refractivity contribution in [3.8, 4) is 11.3 Å². The van der Waals surface area contributed by atoms with E-state index in [1.165, 1.54) is 17.8 Å². The molecule has 0 spiro atoms. The van der Waals surface area contributed by atoms with E-state index in [4.69, 9.17) is 5.73 Å². The summed E-state index contributed by atoms with van der Waals surface area (Å²) in [5.74, 6) is 0. The summed E-state index contributed by atoms with van der Waals surface area (Å²) in [6, 6.07) is 7.04. The Balaban J connectivity index is 2.12. The van der Waals surface area contributed by atoms with Gasteiger partial charge >= 0.3 is 0 Å². The smallest absolute Gasteiger partial charge is 0.284 e. The lowest BCUT2D eigenvalue weighted by Gasteiger charge is -2.13. The van der Waals surface area contributed by atoms with Crippen molar-refractivity contribution in [2.24, 2.45) is 5.73 Å². The molecule has 0 radical (unpaired) electrons. The zero-order valence-electron chi connectivity index (χ0n) is 11.4. The lowest BCUT2D eigenvalue weighted by molar-refractivity contribution is -0.387. The van der Waals surface area contributed by atoms with Gasteiger partial charge < -0.3 is 5.73 Å². The summed E-state index contributed by atoms with van der Waals surface area (Å²) in [5, 5.41) is 17.5. The van der Waals surface area contributed by atoms with Crippen LogP contribution in [-0.2, 0) is 6.54 Å². The van der Waals surface area contributed by atoms with Crippen LogP contribution in [0, 0.1) is 10.1 Å². The normalized spacial score (nSPS) is 12.4. The van der Waals surface area contributed by atoms with Gasteiger partial charge in [-0.05, 0) is 18.2 Å². The van der Waals surface area contributed by atoms with Crippen molar-refractivity contribution in [1.82, 2.24) is 14.8 Å². The van der Waals surface area contributed by atoms with Gasteiger partial charge in [-0.2, -0.15) is 5.10 Å². The van der Waals surface area contributed by atoms with Gasteiger partial charge in [0.15, 0.2) is 0 Å². The molecular formula is C14H11N5O2S. The second-order valence-corrected chi connectivity index (χ2v) is 5.88. The van der Waals surface area contributed by atoms with Crippen LogP contribution < -0.4 is 5.73 Å². The third-order valence-electron chi connectivity index (χ3n) is 3.61. The Labute approximate surface area is 129 Å². The van der Waals surface area contributed by atoms with Crippen LogP contribution in [0.1, 0.15) is 0 Å². The molecule has 1 aliphatic heterocycles. The van der Waals surface area contributed by atoms with Gasteiger partial charge in [0.2, 0.25) is 0 Å². The molecule has 0 unspecified atom stereocenters. The molecule has 2 N–H and O–H groups in total. The molecule has 110 valence electrons. The Bertz CT molecular complexity index is 921. The highest BCUT2D eigenvalue weighted by Crippen LogP contribution is 2.49. The fourth-order valence-corrected chi connectivity index (χ4v) is 3.84. The van der Waals surface area contributed by atoms with Crippen LogP contribution in [0.5, 0.6) is 0 Å². The van der Waals surface area contributed by atoms with Crippen molar-refractivity contribution in [2.75, 3.05) is 6.54 Å². The molecule has 3 heterocycles. The number of fused-ring (bicyclic) bond motifs is 2. The predicted molar refractivity (Wildman–Crippen MR) is 82.8 cm³/mol. The quantitative estimate of drug-likeness (QED) is 0.460. The lowest BCUT2D eigenvalue weighted by atomic mass is 10.1. The number of nitro benzene ring substituents is 1. The Morgan fingerprint density at radius 3 is 3.00 bits per heavy atom. The molecule has 7 nitrogen and oxygen atoms in total. The molecular weight excluding hydrogens is 302 g/mol. The number of hydrogen-bond acceptors (Lipinski definition) is 6. The molecule has 4 rings (SSSR count). The van der Waals surface area contributed by atoms with Gasteiger partial charge in [0.25, 0.3) is 5.69 Å². The SMILES string of the molecule is NCCn1nc2c3c(c([N+](=O)[O-])ccc31)Sc1ncccc1-2. The minimum atomic E-state index is -0.361. The molecule has 0 aliphatic carbocycles. The maximum absolute atomic E-state index is 11.3. The van der Waals surface area contributed by atoms with Gasteiger partial charge in [0.05, 0.1) is 17.0 Å². The van der Waals surface area contributed by atoms with E-state index in [9.17, 15) is 10.1 Å². The van der Waals surface area contributed by atoms with Crippen molar-refractivity contribution in [1.29, 1.82) is 0 Å². The van der Waals surface area contributed by atoms with Crippen LogP contribution >= 0.6 is 11.8 Å². The molecule has 1 aliphatic rings. The summed E-state index contributed by atoms with van der Waals surface area (Å²) >= 11 is 1.32. The first kappa shape index (κ1) is 13.2. The van der Waals surface area contributed by atoms with E-state index in [0.717, 1.165) is 27.2 Å². The molecule has 22 heavy (non-hydrogen) atoms. The zero-order chi connectivity index (χ0) is 15.3. The summed E-state index contributed by atoms with van der Waals surface area (Å²) in [7, 11) is 0. The third kappa shape index (κ3) is 1.74. The second kappa shape index (κ2) is 4.79. The van der Waals surface area contributed by atoms with Crippen molar-refractivity contribution in [2.45, 2.75) is 16.5 Å². The zero-order valence-corrected chi connectivity index (χ0v) is 12.2. The average molecular weight is 313 g/mol. The first-order chi connectivity index (χ1) is 10.7. The van der Waals surface area contributed by atoms with E-state index in [-0.39, 0.29) is 10.6 Å². The Morgan fingerprint density at radius 1 is 1.36 bits per heavy atom. The van der Waals surface area contributed by atoms with E-state index in [0.29, 0.717) is 18.0 Å². The lowest BCUT2D eigenvalue weighted by Crippen LogP contribution is -2.10. The summed E-state index contributed by atoms with van der Waals surface area (Å²) < 4.78 is 1.81. The number of hydrogen-bond donors (Lipinski definition) is 1. The van der Waals surface area contributed by atoms with Gasteiger partial charge in [-0.15, -0.1) is 0 Å². The van der Waals surface area contributed by atoms with Crippen molar-refractivity contribution < 1.29 is 4.92 Å². The minimum Gasteiger partial charge on any atom is -0.329 e. The van der Waals surface area contributed by atoms with Crippen molar-refractivity contribution in [3.63, 3.8) is 0 Å². The van der Waals surface area contributed by atoms with E-state index in [1.54, 1.807) is 16.9 Å². The van der Waals surface area contributed by atoms with Crippen LogP contribution in [0.25, 0.3) is 22.2 Å². The maximum atomic E-state index is 11.3. The molecule has 0 saturated heterocycles. The summed E-state index contributed by atoms with van der Waals surface area (Å²) in [6.07, 6.45) is 1.68. The molecule has 0 bridgehead atoms. The van der Waals surface area contributed by atoms with E-state index < -0.39 is 0 Å². The topological polar surface area (TPSA) is 99.9 Å². The molecule has 0 amide bonds. The number of pyridine rings is 1. The van der Waals surface area contributed by atoms with Crippen molar-refractivity contribution >= 4 is 28.4 Å². The first-order valence-corrected chi connectivity index (χ1v) is 7.53. The first-order valence-electron chi connectivity index (χ1n) is 6.72. The van der Waals surface area contributed by atoms with Crippen LogP contribution in [-0.4, -0.2) is 26.2 Å². The largest absolute Gasteiger partial charge is 0.329 e. The number of benzene rings is 1. The standard InChI is InChI=1S/C14H11N5O2S/c15-5-7-18-9-3-4-10(19(20)21)13-11(9)12(17-18)8-2-1-6-16-14(8)22-13/h1-4,6H,5,7,15H2. The maximum Gasteiger partial charge on any atom is 0.284 e. The Morgan fingerprint density at radius 2 is 2.23 bits per heavy atom. The highest BCUT2D eigenvalue weighted by atomic mass is 32.2. The van der Waals surface area contributed by atoms with Gasteiger partial charge in [-0.25, -0.2) is 4.98 Å². The average Bonchev–Trinajstić information content (AvgIpc) is 2.88. The molecule has 2 aromatic heterocycles. The van der Waals surface area contributed by atoms with Crippen LogP contribution in [0.2, 0.25) is 0 Å². The van der Waals surface area contributed by atoms with E-state index >= 15 is 0 Å². The Kier molecular flexibility index (Phi) is 2.88. The summed E-state index contributed by atoms with van der Waals surface area (Å²) in [4.78, 5) is 15.9. The van der Waals surface area contributed by atoms with Crippen LogP contribution in [0.3, 0.4) is 0 Å². The molecule has 0 saturated carbocycles. The second-order valence-electron chi connectivity index (χ2n) is 4.88. The van der Waals surface area contributed by atoms with Gasteiger partial charge in [0.1, 0.15) is 15.6 Å². The molecule has 0 fully saturated rings. The Hall–Kier alpha value is -2.45. The fraction of sp³-hybridized carbons (Fsp3) is 0.143. The van der Waals surface area contributed by atoms with E-state index in [1.807, 2.05) is 12.1 Å². The summed E-state index contributed by atoms with van der Waals surface area (Å²) in [6.45, 7) is 1.02. The van der Waals surface area contributed by atoms with Crippen LogP contribution in [0.4, 0.5) is 5.69 Å². The molecule has 8 heteroatoms. The number of nitrogens with zero attached hydrogens (tertiary/aromatic N) is 4. The highest BCUT2D eigenvalue weighted by Gasteiger charge is 2.30. The van der Waals surface area contributed by atoms with Crippen LogP contribution in [0.15, 0.2) is 40.4 Å². The molecule has 0 atom stereocenters. The monoisotopic (exact) mass is 313 g/mol. The summed E-state index contributed by atoms with van der Waals surface area (Å²) in [5.41, 5.74) is 8.24. The van der Waals surface area contributed by atoms with E-state index in [2.05, 4.69) is 10.1 Å². The number of aromatic nitrogens is 3. The predicted octanol–water partition coefficient (Wildman–Crippen LogP) is 2.43. The number of rotatable bonds is 3. The van der Waals surface area contributed by atoms with Gasteiger partial charge in [-0.1, -0.05) is 11.8 Å². The highest BCUT2D eigenvalue weighted by molar-refractivity contribution is 7.99. The van der Waals surface area contributed by atoms with Crippen molar-refractivity contribution in [3.05, 3.63) is 40.6 Å².